The van der Waals surface area contributed by atoms with E-state index in [2.05, 4.69) is 0 Å². The van der Waals surface area contributed by atoms with E-state index in [-0.39, 0.29) is 18.6 Å². The summed E-state index contributed by atoms with van der Waals surface area (Å²) in [7, 11) is 2.94. The molecule has 5 nitrogen and oxygen atoms in total. The summed E-state index contributed by atoms with van der Waals surface area (Å²) in [4.78, 5) is 22.0. The fourth-order valence-electron chi connectivity index (χ4n) is 1.38. The Balaban J connectivity index is 2.89. The number of carbonyl (C=O) groups is 2. The van der Waals surface area contributed by atoms with E-state index in [1.165, 1.54) is 14.2 Å². The molecule has 1 rings (SSSR count). The monoisotopic (exact) mass is 237 g/mol. The fourth-order valence-corrected chi connectivity index (χ4v) is 1.38. The van der Waals surface area contributed by atoms with Crippen LogP contribution in [0.15, 0.2) is 18.2 Å². The third-order valence-corrected chi connectivity index (χ3v) is 2.27. The highest BCUT2D eigenvalue weighted by atomic mass is 16.5. The Morgan fingerprint density at radius 1 is 1.18 bits per heavy atom. The number of hydrogen-bond donors (Lipinski definition) is 0. The van der Waals surface area contributed by atoms with Crippen LogP contribution in [0.2, 0.25) is 0 Å². The number of carboxylic acids is 1. The Morgan fingerprint density at radius 2 is 1.88 bits per heavy atom. The summed E-state index contributed by atoms with van der Waals surface area (Å²) in [5.74, 6) is -0.606. The maximum absolute atomic E-state index is 11.7. The van der Waals surface area contributed by atoms with Crippen molar-refractivity contribution in [3.05, 3.63) is 23.8 Å². The van der Waals surface area contributed by atoms with Crippen LogP contribution in [0.4, 0.5) is 0 Å². The molecule has 0 N–H and O–H groups in total. The van der Waals surface area contributed by atoms with Crippen LogP contribution >= 0.6 is 0 Å². The average Bonchev–Trinajstić information content (AvgIpc) is 2.34. The van der Waals surface area contributed by atoms with E-state index < -0.39 is 5.97 Å². The molecule has 1 aromatic carbocycles. The van der Waals surface area contributed by atoms with Gasteiger partial charge in [-0.15, -0.1) is 0 Å². The van der Waals surface area contributed by atoms with Crippen LogP contribution in [0.3, 0.4) is 0 Å². The molecule has 0 aliphatic rings. The van der Waals surface area contributed by atoms with Crippen molar-refractivity contribution in [2.24, 2.45) is 0 Å². The number of ether oxygens (including phenoxy) is 2. The fraction of sp³-hybridized carbons (Fsp3) is 0.333. The minimum atomic E-state index is -1.24. The molecule has 17 heavy (non-hydrogen) atoms. The van der Waals surface area contributed by atoms with Gasteiger partial charge in [-0.1, -0.05) is 0 Å². The Hall–Kier alpha value is -2.04. The van der Waals surface area contributed by atoms with E-state index in [0.717, 1.165) is 0 Å². The Bertz CT molecular complexity index is 425. The van der Waals surface area contributed by atoms with Crippen LogP contribution < -0.4 is 14.6 Å². The normalized spacial score (nSPS) is 9.76. The molecule has 0 fully saturated rings. The number of hydrogen-bond acceptors (Lipinski definition) is 5. The average molecular weight is 237 g/mol. The Morgan fingerprint density at radius 3 is 2.41 bits per heavy atom. The van der Waals surface area contributed by atoms with E-state index >= 15 is 0 Å². The maximum atomic E-state index is 11.7. The minimum absolute atomic E-state index is 0.106. The van der Waals surface area contributed by atoms with Crippen molar-refractivity contribution in [2.75, 3.05) is 14.2 Å². The summed E-state index contributed by atoms with van der Waals surface area (Å²) in [5, 5.41) is 10.3. The van der Waals surface area contributed by atoms with Gasteiger partial charge >= 0.3 is 0 Å². The lowest BCUT2D eigenvalue weighted by Gasteiger charge is -2.09. The zero-order valence-corrected chi connectivity index (χ0v) is 9.69. The van der Waals surface area contributed by atoms with Crippen molar-refractivity contribution in [3.8, 4) is 11.5 Å². The highest BCUT2D eigenvalue weighted by molar-refractivity contribution is 5.99. The molecule has 0 saturated heterocycles. The molecule has 0 spiro atoms. The molecule has 1 aromatic rings. The van der Waals surface area contributed by atoms with Gasteiger partial charge in [0.25, 0.3) is 0 Å². The summed E-state index contributed by atoms with van der Waals surface area (Å²) in [6.07, 6.45) is -0.404. The topological polar surface area (TPSA) is 75.7 Å². The van der Waals surface area contributed by atoms with Crippen molar-refractivity contribution in [3.63, 3.8) is 0 Å². The quantitative estimate of drug-likeness (QED) is 0.670. The lowest BCUT2D eigenvalue weighted by atomic mass is 10.1. The third kappa shape index (κ3) is 3.48. The zero-order valence-electron chi connectivity index (χ0n) is 9.69. The molecule has 92 valence electrons. The number of ketones is 1. The lowest BCUT2D eigenvalue weighted by molar-refractivity contribution is -0.305. The van der Waals surface area contributed by atoms with E-state index in [9.17, 15) is 14.7 Å². The van der Waals surface area contributed by atoms with E-state index in [1.807, 2.05) is 0 Å². The number of methoxy groups -OCH3 is 2. The highest BCUT2D eigenvalue weighted by Crippen LogP contribution is 2.25. The van der Waals surface area contributed by atoms with Gasteiger partial charge in [-0.05, 0) is 18.6 Å². The summed E-state index contributed by atoms with van der Waals surface area (Å²) in [5.41, 5.74) is 0.342. The summed E-state index contributed by atoms with van der Waals surface area (Å²) in [6.45, 7) is 0. The Labute approximate surface area is 99.0 Å². The third-order valence-electron chi connectivity index (χ3n) is 2.27. The largest absolute Gasteiger partial charge is 0.550 e. The van der Waals surface area contributed by atoms with Crippen LogP contribution in [0.25, 0.3) is 0 Å². The molecule has 0 unspecified atom stereocenters. The number of aliphatic carboxylic acids is 1. The van der Waals surface area contributed by atoms with Crippen LogP contribution in [0.1, 0.15) is 23.2 Å². The van der Waals surface area contributed by atoms with Gasteiger partial charge in [0.1, 0.15) is 11.5 Å². The standard InChI is InChI=1S/C12H14O5/c1-16-8-3-4-9(11(7-8)17-2)10(13)5-6-12(14)15/h3-4,7H,5-6H2,1-2H3,(H,14,15)/p-1. The number of benzene rings is 1. The SMILES string of the molecule is COc1ccc(C(=O)CCC(=O)[O-])c(OC)c1. The first kappa shape index (κ1) is 13.0. The van der Waals surface area contributed by atoms with Gasteiger partial charge in [-0.3, -0.25) is 4.79 Å². The molecule has 0 amide bonds. The Kier molecular flexibility index (Phi) is 4.51. The van der Waals surface area contributed by atoms with E-state index in [4.69, 9.17) is 9.47 Å². The molecule has 0 radical (unpaired) electrons. The molecule has 0 aliphatic heterocycles. The van der Waals surface area contributed by atoms with Crippen LogP contribution in [-0.2, 0) is 4.79 Å². The molecule has 0 saturated carbocycles. The van der Waals surface area contributed by atoms with Crippen molar-refractivity contribution in [2.45, 2.75) is 12.8 Å². The van der Waals surface area contributed by atoms with Gasteiger partial charge < -0.3 is 19.4 Å². The first-order chi connectivity index (χ1) is 8.08. The molecule has 0 bridgehead atoms. The van der Waals surface area contributed by atoms with Crippen LogP contribution in [-0.4, -0.2) is 26.0 Å². The lowest BCUT2D eigenvalue weighted by Crippen LogP contribution is -2.22. The molecule has 0 heterocycles. The maximum Gasteiger partial charge on any atom is 0.166 e. The van der Waals surface area contributed by atoms with Crippen LogP contribution in [0.5, 0.6) is 11.5 Å². The van der Waals surface area contributed by atoms with E-state index in [0.29, 0.717) is 17.1 Å². The van der Waals surface area contributed by atoms with Crippen molar-refractivity contribution < 1.29 is 24.2 Å². The predicted octanol–water partition coefficient (Wildman–Crippen LogP) is 0.417. The highest BCUT2D eigenvalue weighted by Gasteiger charge is 2.12. The van der Waals surface area contributed by atoms with Gasteiger partial charge in [0.15, 0.2) is 5.78 Å². The summed E-state index contributed by atoms with van der Waals surface area (Å²) in [6, 6.07) is 4.75. The van der Waals surface area contributed by atoms with Crippen molar-refractivity contribution in [1.82, 2.24) is 0 Å². The second-order valence-corrected chi connectivity index (χ2v) is 3.36. The second kappa shape index (κ2) is 5.89. The van der Waals surface area contributed by atoms with Gasteiger partial charge in [0.2, 0.25) is 0 Å². The predicted molar refractivity (Wildman–Crippen MR) is 58.1 cm³/mol. The van der Waals surface area contributed by atoms with Crippen LogP contribution in [0, 0.1) is 0 Å². The molecular weight excluding hydrogens is 224 g/mol. The number of carbonyl (C=O) groups excluding carboxylic acids is 2. The molecule has 0 aromatic heterocycles. The first-order valence-electron chi connectivity index (χ1n) is 5.03. The van der Waals surface area contributed by atoms with Gasteiger partial charge in [-0.25, -0.2) is 0 Å². The number of Topliss-reactive ketones (excluding diaryl/α,β-unsaturated/α-hetero) is 1. The zero-order chi connectivity index (χ0) is 12.8. The number of rotatable bonds is 6. The van der Waals surface area contributed by atoms with Gasteiger partial charge in [0, 0.05) is 18.5 Å². The van der Waals surface area contributed by atoms with E-state index in [1.54, 1.807) is 18.2 Å². The molecule has 5 heteroatoms. The van der Waals surface area contributed by atoms with Crippen molar-refractivity contribution in [1.29, 1.82) is 0 Å². The van der Waals surface area contributed by atoms with Gasteiger partial charge in [-0.2, -0.15) is 0 Å². The molecule has 0 atom stereocenters. The van der Waals surface area contributed by atoms with Gasteiger partial charge in [0.05, 0.1) is 19.8 Å². The smallest absolute Gasteiger partial charge is 0.166 e. The summed E-state index contributed by atoms with van der Waals surface area (Å²) >= 11 is 0. The minimum Gasteiger partial charge on any atom is -0.550 e. The molecule has 0 aliphatic carbocycles. The van der Waals surface area contributed by atoms with Crippen molar-refractivity contribution >= 4 is 11.8 Å². The first-order valence-corrected chi connectivity index (χ1v) is 5.03. The second-order valence-electron chi connectivity index (χ2n) is 3.36. The summed E-state index contributed by atoms with van der Waals surface area (Å²) < 4.78 is 10.0. The number of carboxylic acid groups (broad SMARTS) is 1. The molecular formula is C12H13O5-.